The van der Waals surface area contributed by atoms with E-state index in [4.69, 9.17) is 5.11 Å². The van der Waals surface area contributed by atoms with Crippen molar-refractivity contribution in [1.29, 1.82) is 0 Å². The van der Waals surface area contributed by atoms with Gasteiger partial charge in [0.15, 0.2) is 0 Å². The molecule has 0 aliphatic carbocycles. The highest BCUT2D eigenvalue weighted by Gasteiger charge is 2.30. The number of amides is 1. The molecule has 1 unspecified atom stereocenters. The molecule has 0 saturated heterocycles. The van der Waals surface area contributed by atoms with Gasteiger partial charge in [-0.25, -0.2) is 14.8 Å². The largest absolute Gasteiger partial charge is 0.465 e. The van der Waals surface area contributed by atoms with Gasteiger partial charge in [-0.15, -0.1) is 11.3 Å². The summed E-state index contributed by atoms with van der Waals surface area (Å²) in [6, 6.07) is 11.2. The van der Waals surface area contributed by atoms with Crippen molar-refractivity contribution < 1.29 is 27.5 Å². The lowest BCUT2D eigenvalue weighted by atomic mass is 10.0. The third-order valence-electron chi connectivity index (χ3n) is 5.32. The van der Waals surface area contributed by atoms with Gasteiger partial charge in [0, 0.05) is 36.3 Å². The Hall–Kier alpha value is -3.53. The fraction of sp³-hybridized carbons (Fsp3) is 0.208. The fourth-order valence-corrected chi connectivity index (χ4v) is 4.57. The zero-order valence-corrected chi connectivity index (χ0v) is 18.5. The summed E-state index contributed by atoms with van der Waals surface area (Å²) < 4.78 is 51.8. The van der Waals surface area contributed by atoms with Crippen molar-refractivity contribution in [2.75, 3.05) is 0 Å². The number of rotatable bonds is 7. The number of hydrogen-bond donors (Lipinski definition) is 2. The number of pyridine rings is 1. The van der Waals surface area contributed by atoms with Crippen LogP contribution in [0.15, 0.2) is 60.9 Å². The smallest absolute Gasteiger partial charge is 0.416 e. The fourth-order valence-electron chi connectivity index (χ4n) is 3.64. The van der Waals surface area contributed by atoms with Crippen LogP contribution in [-0.2, 0) is 19.0 Å². The summed E-state index contributed by atoms with van der Waals surface area (Å²) >= 11 is 1.45. The molecule has 4 rings (SSSR count). The average molecular weight is 489 g/mol. The molecule has 5 nitrogen and oxygen atoms in total. The molecular formula is C24H19F4N3O2S. The van der Waals surface area contributed by atoms with Gasteiger partial charge in [0.25, 0.3) is 0 Å². The van der Waals surface area contributed by atoms with Crippen molar-refractivity contribution in [2.45, 2.75) is 31.5 Å². The van der Waals surface area contributed by atoms with Crippen molar-refractivity contribution in [2.24, 2.45) is 0 Å². The number of nitrogens with zero attached hydrogens (tertiary/aromatic N) is 2. The van der Waals surface area contributed by atoms with Crippen LogP contribution in [-0.4, -0.2) is 27.2 Å². The van der Waals surface area contributed by atoms with Crippen LogP contribution >= 0.6 is 11.3 Å². The molecule has 0 fully saturated rings. The molecule has 10 heteroatoms. The number of hydrogen-bond acceptors (Lipinski definition) is 4. The van der Waals surface area contributed by atoms with Gasteiger partial charge >= 0.3 is 12.3 Å². The van der Waals surface area contributed by atoms with Crippen molar-refractivity contribution in [3.63, 3.8) is 0 Å². The molecular weight excluding hydrogens is 470 g/mol. The Morgan fingerprint density at radius 2 is 1.79 bits per heavy atom. The van der Waals surface area contributed by atoms with Gasteiger partial charge in [-0.05, 0) is 47.6 Å². The van der Waals surface area contributed by atoms with E-state index in [2.05, 4.69) is 15.3 Å². The highest BCUT2D eigenvalue weighted by Crippen LogP contribution is 2.31. The Morgan fingerprint density at radius 1 is 1.03 bits per heavy atom. The highest BCUT2D eigenvalue weighted by molar-refractivity contribution is 7.15. The predicted molar refractivity (Wildman–Crippen MR) is 121 cm³/mol. The summed E-state index contributed by atoms with van der Waals surface area (Å²) in [4.78, 5) is 20.2. The molecule has 2 heterocycles. The maximum atomic E-state index is 13.5. The molecule has 0 spiro atoms. The van der Waals surface area contributed by atoms with E-state index in [1.54, 1.807) is 6.20 Å². The summed E-state index contributed by atoms with van der Waals surface area (Å²) in [5.74, 6) is -0.556. The quantitative estimate of drug-likeness (QED) is 0.235. The minimum atomic E-state index is -4.42. The van der Waals surface area contributed by atoms with Gasteiger partial charge in [-0.2, -0.15) is 17.6 Å². The van der Waals surface area contributed by atoms with E-state index in [0.717, 1.165) is 38.4 Å². The summed E-state index contributed by atoms with van der Waals surface area (Å²) in [7, 11) is 0. The standard InChI is InChI=1S/C24H19F4N3O2S/c25-21-11-17-10-15(3-4-16(17)12-29-21)20-13-30-22(34-20)8-7-19(31-23(32)33)9-14-1-5-18(6-2-14)24(26,27)28/h1-6,10-13,19,31H,7-9H2,(H,32,33). The van der Waals surface area contributed by atoms with E-state index in [0.29, 0.717) is 18.4 Å². The SMILES string of the molecule is O=C(O)NC(CCc1ncc(-c2ccc3cnc(F)cc3c2)s1)Cc1ccc(C(F)(F)F)cc1. The van der Waals surface area contributed by atoms with E-state index in [1.807, 2.05) is 18.2 Å². The second-order valence-corrected chi connectivity index (χ2v) is 8.89. The summed E-state index contributed by atoms with van der Waals surface area (Å²) in [6.07, 6.45) is -1.26. The molecule has 0 aliphatic heterocycles. The first-order valence-corrected chi connectivity index (χ1v) is 11.1. The first-order chi connectivity index (χ1) is 16.2. The molecule has 0 radical (unpaired) electrons. The summed E-state index contributed by atoms with van der Waals surface area (Å²) in [6.45, 7) is 0. The number of carboxylic acid groups (broad SMARTS) is 1. The molecule has 34 heavy (non-hydrogen) atoms. The molecule has 0 aliphatic rings. The van der Waals surface area contributed by atoms with Crippen molar-refractivity contribution in [1.82, 2.24) is 15.3 Å². The molecule has 1 atom stereocenters. The third kappa shape index (κ3) is 5.88. The molecule has 2 N–H and O–H groups in total. The Balaban J connectivity index is 1.44. The van der Waals surface area contributed by atoms with Crippen LogP contribution in [0.3, 0.4) is 0 Å². The molecule has 0 saturated carbocycles. The van der Waals surface area contributed by atoms with Gasteiger partial charge in [0.2, 0.25) is 5.95 Å². The number of halogens is 4. The Kier molecular flexibility index (Phi) is 6.78. The maximum Gasteiger partial charge on any atom is 0.416 e. The minimum absolute atomic E-state index is 0.257. The van der Waals surface area contributed by atoms with E-state index >= 15 is 0 Å². The number of benzene rings is 2. The number of alkyl halides is 3. The van der Waals surface area contributed by atoms with Gasteiger partial charge in [0.05, 0.1) is 15.4 Å². The van der Waals surface area contributed by atoms with Crippen LogP contribution in [0.5, 0.6) is 0 Å². The van der Waals surface area contributed by atoms with Crippen molar-refractivity contribution in [3.8, 4) is 10.4 Å². The zero-order valence-electron chi connectivity index (χ0n) is 17.6. The minimum Gasteiger partial charge on any atom is -0.465 e. The molecule has 0 bridgehead atoms. The van der Waals surface area contributed by atoms with Gasteiger partial charge in [0.1, 0.15) is 0 Å². The Labute approximate surface area is 196 Å². The number of aromatic nitrogens is 2. The van der Waals surface area contributed by atoms with Crippen LogP contribution in [0.1, 0.15) is 22.6 Å². The Morgan fingerprint density at radius 3 is 2.50 bits per heavy atom. The van der Waals surface area contributed by atoms with Gasteiger partial charge < -0.3 is 10.4 Å². The molecule has 4 aromatic rings. The topological polar surface area (TPSA) is 75.1 Å². The first kappa shape index (κ1) is 23.6. The van der Waals surface area contributed by atoms with E-state index in [1.165, 1.54) is 35.7 Å². The molecule has 176 valence electrons. The Bertz CT molecular complexity index is 1310. The first-order valence-electron chi connectivity index (χ1n) is 10.3. The monoisotopic (exact) mass is 489 g/mol. The number of fused-ring (bicyclic) bond motifs is 1. The van der Waals surface area contributed by atoms with Crippen molar-refractivity contribution in [3.05, 3.63) is 83.0 Å². The van der Waals surface area contributed by atoms with Crippen LogP contribution in [0, 0.1) is 5.95 Å². The number of nitrogens with one attached hydrogen (secondary N) is 1. The molecule has 1 amide bonds. The summed E-state index contributed by atoms with van der Waals surface area (Å²) in [5.41, 5.74) is 0.735. The second-order valence-electron chi connectivity index (χ2n) is 7.77. The van der Waals surface area contributed by atoms with Gasteiger partial charge in [-0.1, -0.05) is 24.3 Å². The van der Waals surface area contributed by atoms with E-state index in [9.17, 15) is 22.4 Å². The highest BCUT2D eigenvalue weighted by atomic mass is 32.1. The normalized spacial score (nSPS) is 12.6. The summed E-state index contributed by atoms with van der Waals surface area (Å²) in [5, 5.41) is 13.9. The van der Waals surface area contributed by atoms with Crippen LogP contribution in [0.4, 0.5) is 22.4 Å². The van der Waals surface area contributed by atoms with Gasteiger partial charge in [-0.3, -0.25) is 0 Å². The van der Waals surface area contributed by atoms with E-state index < -0.39 is 29.8 Å². The lowest BCUT2D eigenvalue weighted by Crippen LogP contribution is -2.35. The van der Waals surface area contributed by atoms with E-state index in [-0.39, 0.29) is 6.42 Å². The number of thiazole rings is 1. The van der Waals surface area contributed by atoms with Crippen LogP contribution < -0.4 is 5.32 Å². The number of aryl methyl sites for hydroxylation is 1. The zero-order chi connectivity index (χ0) is 24.3. The lowest BCUT2D eigenvalue weighted by molar-refractivity contribution is -0.137. The average Bonchev–Trinajstić information content (AvgIpc) is 3.25. The number of carbonyl (C=O) groups is 1. The van der Waals surface area contributed by atoms with Crippen LogP contribution in [0.25, 0.3) is 21.2 Å². The van der Waals surface area contributed by atoms with Crippen LogP contribution in [0.2, 0.25) is 0 Å². The predicted octanol–water partition coefficient (Wildman–Crippen LogP) is 6.33. The second kappa shape index (κ2) is 9.76. The molecule has 2 aromatic carbocycles. The van der Waals surface area contributed by atoms with Crippen molar-refractivity contribution >= 4 is 28.2 Å². The third-order valence-corrected chi connectivity index (χ3v) is 6.43. The molecule has 2 aromatic heterocycles. The maximum absolute atomic E-state index is 13.5. The lowest BCUT2D eigenvalue weighted by Gasteiger charge is -2.17.